The van der Waals surface area contributed by atoms with E-state index in [0.29, 0.717) is 0 Å². The molecule has 3 heteroatoms. The Kier molecular flexibility index (Phi) is 5.38. The molecule has 0 spiro atoms. The molecule has 0 atom stereocenters. The number of hydrogen-bond acceptors (Lipinski definition) is 3. The van der Waals surface area contributed by atoms with E-state index in [4.69, 9.17) is 13.3 Å². The van der Waals surface area contributed by atoms with Crippen LogP contribution in [0.2, 0.25) is 0 Å². The summed E-state index contributed by atoms with van der Waals surface area (Å²) in [6.07, 6.45) is 0. The fourth-order valence-electron chi connectivity index (χ4n) is 8.01. The van der Waals surface area contributed by atoms with E-state index in [2.05, 4.69) is 127 Å². The molecule has 0 saturated carbocycles. The second-order valence-electron chi connectivity index (χ2n) is 12.7. The molecule has 0 aliphatic heterocycles. The Bertz CT molecular complexity index is 3040. The monoisotopic (exact) mass is 626 g/mol. The minimum atomic E-state index is 0.813. The second kappa shape index (κ2) is 9.96. The largest absolute Gasteiger partial charge is 0.456 e. The van der Waals surface area contributed by atoms with Gasteiger partial charge in [0.05, 0.1) is 5.39 Å². The van der Waals surface area contributed by atoms with Gasteiger partial charge in [-0.3, -0.25) is 0 Å². The van der Waals surface area contributed by atoms with Crippen molar-refractivity contribution in [2.45, 2.75) is 0 Å². The summed E-state index contributed by atoms with van der Waals surface area (Å²) >= 11 is 0. The summed E-state index contributed by atoms with van der Waals surface area (Å²) in [6, 6.07) is 55.3. The van der Waals surface area contributed by atoms with Gasteiger partial charge in [0.1, 0.15) is 33.7 Å². The van der Waals surface area contributed by atoms with Gasteiger partial charge in [-0.2, -0.15) is 0 Å². The lowest BCUT2D eigenvalue weighted by molar-refractivity contribution is 0.633. The average molecular weight is 627 g/mol. The van der Waals surface area contributed by atoms with E-state index in [-0.39, 0.29) is 0 Å². The molecule has 0 saturated heterocycles. The molecule has 3 aromatic heterocycles. The molecule has 0 unspecified atom stereocenters. The summed E-state index contributed by atoms with van der Waals surface area (Å²) in [6.45, 7) is 0. The van der Waals surface area contributed by atoms with Gasteiger partial charge in [0.15, 0.2) is 0 Å². The maximum atomic E-state index is 6.80. The van der Waals surface area contributed by atoms with Gasteiger partial charge in [-0.1, -0.05) is 127 Å². The molecule has 0 radical (unpaired) electrons. The normalized spacial score (nSPS) is 12.1. The molecular formula is C46H26O3. The molecule has 0 fully saturated rings. The summed E-state index contributed by atoms with van der Waals surface area (Å²) < 4.78 is 19.7. The summed E-state index contributed by atoms with van der Waals surface area (Å²) in [4.78, 5) is 0. The van der Waals surface area contributed by atoms with E-state index in [0.717, 1.165) is 82.9 Å². The first-order valence-corrected chi connectivity index (χ1v) is 16.6. The highest BCUT2D eigenvalue weighted by Crippen LogP contribution is 2.49. The van der Waals surface area contributed by atoms with Crippen molar-refractivity contribution in [3.8, 4) is 33.6 Å². The maximum Gasteiger partial charge on any atom is 0.146 e. The molecule has 3 nitrogen and oxygen atoms in total. The Balaban J connectivity index is 1.23. The summed E-state index contributed by atoms with van der Waals surface area (Å²) in [5, 5.41) is 10.1. The van der Waals surface area contributed by atoms with Gasteiger partial charge >= 0.3 is 0 Å². The molecule has 3 heterocycles. The van der Waals surface area contributed by atoms with E-state index < -0.39 is 0 Å². The minimum Gasteiger partial charge on any atom is -0.456 e. The maximum absolute atomic E-state index is 6.80. The predicted molar refractivity (Wildman–Crippen MR) is 202 cm³/mol. The van der Waals surface area contributed by atoms with E-state index in [1.54, 1.807) is 0 Å². The van der Waals surface area contributed by atoms with E-state index in [1.165, 1.54) is 27.1 Å². The van der Waals surface area contributed by atoms with Gasteiger partial charge in [-0.05, 0) is 63.0 Å². The van der Waals surface area contributed by atoms with Crippen molar-refractivity contribution in [2.75, 3.05) is 0 Å². The Morgan fingerprint density at radius 1 is 0.327 bits per heavy atom. The highest BCUT2D eigenvalue weighted by molar-refractivity contribution is 6.28. The third-order valence-corrected chi connectivity index (χ3v) is 10.1. The van der Waals surface area contributed by atoms with Crippen LogP contribution in [0.5, 0.6) is 0 Å². The third-order valence-electron chi connectivity index (χ3n) is 10.1. The van der Waals surface area contributed by atoms with Crippen molar-refractivity contribution in [1.29, 1.82) is 0 Å². The lowest BCUT2D eigenvalue weighted by Gasteiger charge is -2.18. The van der Waals surface area contributed by atoms with Crippen LogP contribution in [0.25, 0.3) is 110 Å². The number of fused-ring (bicyclic) bond motifs is 10. The number of para-hydroxylation sites is 2. The topological polar surface area (TPSA) is 39.4 Å². The zero-order valence-electron chi connectivity index (χ0n) is 26.2. The first-order chi connectivity index (χ1) is 24.3. The Labute approximate surface area is 280 Å². The fourth-order valence-corrected chi connectivity index (χ4v) is 8.01. The lowest BCUT2D eigenvalue weighted by atomic mass is 9.84. The molecule has 0 aliphatic rings. The lowest BCUT2D eigenvalue weighted by Crippen LogP contribution is -1.91. The van der Waals surface area contributed by atoms with Crippen molar-refractivity contribution in [2.24, 2.45) is 0 Å². The quantitative estimate of drug-likeness (QED) is 0.183. The highest BCUT2D eigenvalue weighted by atomic mass is 16.3. The zero-order chi connectivity index (χ0) is 32.1. The smallest absolute Gasteiger partial charge is 0.146 e. The standard InChI is InChI=1S/C46H26O3/c1-2-12-27(13-3-1)40-26-28-24-25-39-44(45(28)49-40)36-21-10-20-35(46(36)48-39)42-31-16-6-4-14-29(31)41(30-15-5-7-17-32(30)42)34-19-11-23-38-43(34)33-18-8-9-22-37(33)47-38/h1-26H. The van der Waals surface area contributed by atoms with Gasteiger partial charge in [0.25, 0.3) is 0 Å². The molecule has 0 amide bonds. The van der Waals surface area contributed by atoms with Crippen LogP contribution in [0, 0.1) is 0 Å². The minimum absolute atomic E-state index is 0.813. The number of benzene rings is 8. The van der Waals surface area contributed by atoms with Crippen LogP contribution >= 0.6 is 0 Å². The van der Waals surface area contributed by atoms with Gasteiger partial charge in [-0.25, -0.2) is 0 Å². The van der Waals surface area contributed by atoms with Crippen LogP contribution < -0.4 is 0 Å². The van der Waals surface area contributed by atoms with Gasteiger partial charge < -0.3 is 13.3 Å². The summed E-state index contributed by atoms with van der Waals surface area (Å²) in [5.41, 5.74) is 9.94. The molecule has 0 bridgehead atoms. The molecule has 0 N–H and O–H groups in total. The summed E-state index contributed by atoms with van der Waals surface area (Å²) in [5.74, 6) is 0.849. The van der Waals surface area contributed by atoms with Crippen molar-refractivity contribution in [3.63, 3.8) is 0 Å². The van der Waals surface area contributed by atoms with Crippen LogP contribution in [0.4, 0.5) is 0 Å². The fraction of sp³-hybridized carbons (Fsp3) is 0. The Morgan fingerprint density at radius 2 is 0.898 bits per heavy atom. The molecule has 49 heavy (non-hydrogen) atoms. The molecule has 228 valence electrons. The zero-order valence-corrected chi connectivity index (χ0v) is 26.2. The SMILES string of the molecule is c1ccc(-c2cc3ccc4oc5c(-c6c7ccccc7c(-c7cccc8oc9ccccc9c78)c7ccccc67)cccc5c4c3o2)cc1. The average Bonchev–Trinajstić information content (AvgIpc) is 3.87. The molecule has 11 aromatic rings. The van der Waals surface area contributed by atoms with Crippen LogP contribution in [-0.4, -0.2) is 0 Å². The van der Waals surface area contributed by atoms with E-state index in [1.807, 2.05) is 30.3 Å². The Hall–Kier alpha value is -6.58. The van der Waals surface area contributed by atoms with Crippen molar-refractivity contribution >= 4 is 76.4 Å². The number of furan rings is 3. The molecule has 8 aromatic carbocycles. The first kappa shape index (κ1) is 26.5. The van der Waals surface area contributed by atoms with E-state index in [9.17, 15) is 0 Å². The molecular weight excluding hydrogens is 601 g/mol. The highest BCUT2D eigenvalue weighted by Gasteiger charge is 2.23. The summed E-state index contributed by atoms with van der Waals surface area (Å²) in [7, 11) is 0. The van der Waals surface area contributed by atoms with Crippen LogP contribution in [0.15, 0.2) is 171 Å². The third kappa shape index (κ3) is 3.73. The van der Waals surface area contributed by atoms with Crippen LogP contribution in [-0.2, 0) is 0 Å². The van der Waals surface area contributed by atoms with Gasteiger partial charge in [0.2, 0.25) is 0 Å². The number of hydrogen-bond donors (Lipinski definition) is 0. The predicted octanol–water partition coefficient (Wildman–Crippen LogP) is 13.5. The second-order valence-corrected chi connectivity index (χ2v) is 12.7. The van der Waals surface area contributed by atoms with Crippen molar-refractivity contribution < 1.29 is 13.3 Å². The van der Waals surface area contributed by atoms with E-state index >= 15 is 0 Å². The van der Waals surface area contributed by atoms with Crippen molar-refractivity contribution in [1.82, 2.24) is 0 Å². The van der Waals surface area contributed by atoms with Crippen LogP contribution in [0.3, 0.4) is 0 Å². The Morgan fingerprint density at radius 3 is 1.65 bits per heavy atom. The number of rotatable bonds is 3. The van der Waals surface area contributed by atoms with Crippen LogP contribution in [0.1, 0.15) is 0 Å². The van der Waals surface area contributed by atoms with Gasteiger partial charge in [-0.15, -0.1) is 0 Å². The molecule has 0 aliphatic carbocycles. The first-order valence-electron chi connectivity index (χ1n) is 16.6. The molecule has 11 rings (SSSR count). The van der Waals surface area contributed by atoms with Gasteiger partial charge in [0, 0.05) is 38.2 Å². The van der Waals surface area contributed by atoms with Crippen molar-refractivity contribution in [3.05, 3.63) is 158 Å².